The standard InChI is InChI=1S/C15H20N4/c1-3-6-14-18-13(16)9-15(19-14)17-10-12-8-5-4-7-11(12)2/h4-5,7-9H,3,6,10H2,1-2H3,(H3,16,17,18,19). The number of hydrogen-bond donors (Lipinski definition) is 2. The van der Waals surface area contributed by atoms with Crippen LogP contribution in [0.5, 0.6) is 0 Å². The van der Waals surface area contributed by atoms with Crippen LogP contribution in [0.25, 0.3) is 0 Å². The molecule has 4 heteroatoms. The largest absolute Gasteiger partial charge is 0.384 e. The molecule has 0 atom stereocenters. The molecule has 2 rings (SSSR count). The molecule has 0 radical (unpaired) electrons. The van der Waals surface area contributed by atoms with Gasteiger partial charge < -0.3 is 11.1 Å². The number of aromatic nitrogens is 2. The summed E-state index contributed by atoms with van der Waals surface area (Å²) in [6, 6.07) is 10.1. The van der Waals surface area contributed by atoms with E-state index in [9.17, 15) is 0 Å². The maximum absolute atomic E-state index is 5.80. The summed E-state index contributed by atoms with van der Waals surface area (Å²) in [5.41, 5.74) is 8.33. The fourth-order valence-electron chi connectivity index (χ4n) is 1.94. The van der Waals surface area contributed by atoms with Gasteiger partial charge in [-0.1, -0.05) is 31.2 Å². The van der Waals surface area contributed by atoms with Crippen LogP contribution in [-0.2, 0) is 13.0 Å². The first-order chi connectivity index (χ1) is 9.19. The Hall–Kier alpha value is -2.10. The number of nitrogens with two attached hydrogens (primary N) is 1. The van der Waals surface area contributed by atoms with Crippen LogP contribution in [0.1, 0.15) is 30.3 Å². The first-order valence-corrected chi connectivity index (χ1v) is 6.61. The smallest absolute Gasteiger partial charge is 0.133 e. The number of nitrogens with one attached hydrogen (secondary N) is 1. The van der Waals surface area contributed by atoms with E-state index in [0.717, 1.165) is 31.0 Å². The Morgan fingerprint density at radius 3 is 2.74 bits per heavy atom. The lowest BCUT2D eigenvalue weighted by atomic mass is 10.1. The quantitative estimate of drug-likeness (QED) is 0.863. The summed E-state index contributed by atoms with van der Waals surface area (Å²) in [7, 11) is 0. The number of nitrogens with zero attached hydrogens (tertiary/aromatic N) is 2. The maximum Gasteiger partial charge on any atom is 0.133 e. The highest BCUT2D eigenvalue weighted by atomic mass is 15.0. The molecule has 3 N–H and O–H groups in total. The number of anilines is 2. The van der Waals surface area contributed by atoms with E-state index in [1.807, 2.05) is 12.1 Å². The fraction of sp³-hybridized carbons (Fsp3) is 0.333. The molecule has 1 heterocycles. The van der Waals surface area contributed by atoms with Crippen molar-refractivity contribution in [1.82, 2.24) is 9.97 Å². The molecule has 1 aromatic carbocycles. The zero-order chi connectivity index (χ0) is 13.7. The zero-order valence-corrected chi connectivity index (χ0v) is 11.5. The molecule has 0 aliphatic heterocycles. The molecule has 0 amide bonds. The van der Waals surface area contributed by atoms with Crippen LogP contribution in [0.15, 0.2) is 30.3 Å². The monoisotopic (exact) mass is 256 g/mol. The van der Waals surface area contributed by atoms with Crippen molar-refractivity contribution in [1.29, 1.82) is 0 Å². The van der Waals surface area contributed by atoms with Gasteiger partial charge in [0.2, 0.25) is 0 Å². The second-order valence-electron chi connectivity index (χ2n) is 4.62. The molecule has 19 heavy (non-hydrogen) atoms. The second-order valence-corrected chi connectivity index (χ2v) is 4.62. The molecule has 0 saturated carbocycles. The minimum Gasteiger partial charge on any atom is -0.384 e. The third-order valence-corrected chi connectivity index (χ3v) is 2.99. The molecule has 2 aromatic rings. The van der Waals surface area contributed by atoms with Gasteiger partial charge in [-0.15, -0.1) is 0 Å². The molecule has 4 nitrogen and oxygen atoms in total. The van der Waals surface area contributed by atoms with Gasteiger partial charge >= 0.3 is 0 Å². The van der Waals surface area contributed by atoms with Gasteiger partial charge in [0.25, 0.3) is 0 Å². The van der Waals surface area contributed by atoms with E-state index < -0.39 is 0 Å². The average Bonchev–Trinajstić information content (AvgIpc) is 2.37. The van der Waals surface area contributed by atoms with E-state index in [4.69, 9.17) is 5.73 Å². The van der Waals surface area contributed by atoms with Crippen LogP contribution >= 0.6 is 0 Å². The minimum absolute atomic E-state index is 0.519. The third kappa shape index (κ3) is 3.68. The summed E-state index contributed by atoms with van der Waals surface area (Å²) in [5.74, 6) is 2.11. The molecule has 0 spiro atoms. The van der Waals surface area contributed by atoms with Crippen molar-refractivity contribution >= 4 is 11.6 Å². The van der Waals surface area contributed by atoms with Crippen LogP contribution in [0.3, 0.4) is 0 Å². The van der Waals surface area contributed by atoms with Gasteiger partial charge in [-0.05, 0) is 24.5 Å². The number of rotatable bonds is 5. The maximum atomic E-state index is 5.80. The number of hydrogen-bond acceptors (Lipinski definition) is 4. The molecule has 0 unspecified atom stereocenters. The van der Waals surface area contributed by atoms with E-state index >= 15 is 0 Å². The van der Waals surface area contributed by atoms with Crippen LogP contribution < -0.4 is 11.1 Å². The molecular formula is C15H20N4. The van der Waals surface area contributed by atoms with Crippen molar-refractivity contribution < 1.29 is 0 Å². The Bertz CT molecular complexity index is 552. The zero-order valence-electron chi connectivity index (χ0n) is 11.5. The summed E-state index contributed by atoms with van der Waals surface area (Å²) < 4.78 is 0. The van der Waals surface area contributed by atoms with Gasteiger partial charge in [0.05, 0.1) is 0 Å². The fourth-order valence-corrected chi connectivity index (χ4v) is 1.94. The van der Waals surface area contributed by atoms with E-state index in [2.05, 4.69) is 41.3 Å². The van der Waals surface area contributed by atoms with Gasteiger partial charge in [0, 0.05) is 19.0 Å². The van der Waals surface area contributed by atoms with Crippen molar-refractivity contribution in [2.45, 2.75) is 33.2 Å². The van der Waals surface area contributed by atoms with Crippen molar-refractivity contribution in [3.8, 4) is 0 Å². The number of aryl methyl sites for hydroxylation is 2. The average molecular weight is 256 g/mol. The van der Waals surface area contributed by atoms with Gasteiger partial charge in [0.15, 0.2) is 0 Å². The van der Waals surface area contributed by atoms with E-state index in [-0.39, 0.29) is 0 Å². The third-order valence-electron chi connectivity index (χ3n) is 2.99. The Balaban J connectivity index is 2.09. The summed E-state index contributed by atoms with van der Waals surface area (Å²) in [4.78, 5) is 8.69. The SMILES string of the molecule is CCCc1nc(N)cc(NCc2ccccc2C)n1. The second kappa shape index (κ2) is 6.18. The van der Waals surface area contributed by atoms with E-state index in [0.29, 0.717) is 5.82 Å². The molecule has 0 saturated heterocycles. The molecule has 0 bridgehead atoms. The highest BCUT2D eigenvalue weighted by Crippen LogP contribution is 2.13. The molecule has 0 aliphatic carbocycles. The molecule has 100 valence electrons. The Morgan fingerprint density at radius 2 is 2.00 bits per heavy atom. The van der Waals surface area contributed by atoms with Crippen molar-refractivity contribution in [3.63, 3.8) is 0 Å². The van der Waals surface area contributed by atoms with Crippen LogP contribution in [0, 0.1) is 6.92 Å². The predicted octanol–water partition coefficient (Wildman–Crippen LogP) is 2.93. The summed E-state index contributed by atoms with van der Waals surface area (Å²) in [5, 5.41) is 3.31. The topological polar surface area (TPSA) is 63.8 Å². The lowest BCUT2D eigenvalue weighted by Crippen LogP contribution is -2.07. The molecule has 1 aromatic heterocycles. The van der Waals surface area contributed by atoms with Gasteiger partial charge in [-0.3, -0.25) is 0 Å². The van der Waals surface area contributed by atoms with Crippen molar-refractivity contribution in [2.24, 2.45) is 0 Å². The van der Waals surface area contributed by atoms with Gasteiger partial charge in [-0.25, -0.2) is 9.97 Å². The van der Waals surface area contributed by atoms with E-state index in [1.54, 1.807) is 6.07 Å². The molecule has 0 fully saturated rings. The van der Waals surface area contributed by atoms with Crippen molar-refractivity contribution in [3.05, 3.63) is 47.3 Å². The Kier molecular flexibility index (Phi) is 4.34. The lowest BCUT2D eigenvalue weighted by molar-refractivity contribution is 0.836. The molecular weight excluding hydrogens is 236 g/mol. The highest BCUT2D eigenvalue weighted by Gasteiger charge is 2.03. The predicted molar refractivity (Wildman–Crippen MR) is 78.9 cm³/mol. The molecule has 0 aliphatic rings. The number of benzene rings is 1. The van der Waals surface area contributed by atoms with Gasteiger partial charge in [0.1, 0.15) is 17.5 Å². The van der Waals surface area contributed by atoms with E-state index in [1.165, 1.54) is 11.1 Å². The lowest BCUT2D eigenvalue weighted by Gasteiger charge is -2.10. The first kappa shape index (κ1) is 13.3. The summed E-state index contributed by atoms with van der Waals surface area (Å²) in [6.07, 6.45) is 1.87. The minimum atomic E-state index is 0.519. The normalized spacial score (nSPS) is 10.4. The number of nitrogen functional groups attached to an aromatic ring is 1. The Morgan fingerprint density at radius 1 is 1.21 bits per heavy atom. The Labute approximate surface area is 114 Å². The summed E-state index contributed by atoms with van der Waals surface area (Å²) >= 11 is 0. The highest BCUT2D eigenvalue weighted by molar-refractivity contribution is 5.45. The van der Waals surface area contributed by atoms with Crippen LogP contribution in [0.4, 0.5) is 11.6 Å². The first-order valence-electron chi connectivity index (χ1n) is 6.61. The van der Waals surface area contributed by atoms with Crippen LogP contribution in [0.2, 0.25) is 0 Å². The summed E-state index contributed by atoms with van der Waals surface area (Å²) in [6.45, 7) is 4.95. The van der Waals surface area contributed by atoms with Crippen LogP contribution in [-0.4, -0.2) is 9.97 Å². The van der Waals surface area contributed by atoms with Gasteiger partial charge in [-0.2, -0.15) is 0 Å². The van der Waals surface area contributed by atoms with Crippen molar-refractivity contribution in [2.75, 3.05) is 11.1 Å².